The summed E-state index contributed by atoms with van der Waals surface area (Å²) in [5, 5.41) is 5.92. The molecule has 0 aliphatic heterocycles. The van der Waals surface area contributed by atoms with Gasteiger partial charge in [-0.2, -0.15) is 0 Å². The Kier molecular flexibility index (Phi) is 4.27. The lowest BCUT2D eigenvalue weighted by atomic mass is 9.87. The number of hydrogen-bond acceptors (Lipinski definition) is 4. The van der Waals surface area contributed by atoms with Crippen LogP contribution in [-0.4, -0.2) is 22.4 Å². The first kappa shape index (κ1) is 13.7. The van der Waals surface area contributed by atoms with Crippen LogP contribution in [0, 0.1) is 0 Å². The summed E-state index contributed by atoms with van der Waals surface area (Å²) in [6.45, 7) is 4.37. The predicted molar refractivity (Wildman–Crippen MR) is 76.1 cm³/mol. The number of carbonyl (C=O) groups excluding carboxylic acids is 1. The second-order valence-electron chi connectivity index (χ2n) is 4.77. The number of pyridine rings is 1. The summed E-state index contributed by atoms with van der Waals surface area (Å²) in [7, 11) is 0. The van der Waals surface area contributed by atoms with Crippen molar-refractivity contribution >= 4 is 17.2 Å². The molecule has 5 heteroatoms. The number of amides is 1. The van der Waals surface area contributed by atoms with Crippen LogP contribution in [0.1, 0.15) is 24.5 Å². The molecular formula is C14H17N3OS. The van der Waals surface area contributed by atoms with Gasteiger partial charge in [-0.15, -0.1) is 11.3 Å². The first-order valence-corrected chi connectivity index (χ1v) is 7.07. The van der Waals surface area contributed by atoms with Crippen LogP contribution in [0.3, 0.4) is 0 Å². The lowest BCUT2D eigenvalue weighted by Gasteiger charge is -2.22. The van der Waals surface area contributed by atoms with E-state index in [9.17, 15) is 4.79 Å². The molecule has 2 rings (SSSR count). The van der Waals surface area contributed by atoms with Gasteiger partial charge >= 0.3 is 0 Å². The van der Waals surface area contributed by atoms with E-state index in [0.29, 0.717) is 6.54 Å². The van der Waals surface area contributed by atoms with E-state index < -0.39 is 5.41 Å². The third-order valence-corrected chi connectivity index (χ3v) is 3.82. The van der Waals surface area contributed by atoms with E-state index in [1.54, 1.807) is 23.7 Å². The van der Waals surface area contributed by atoms with Crippen LogP contribution in [0.2, 0.25) is 0 Å². The molecule has 0 fully saturated rings. The van der Waals surface area contributed by atoms with Crippen LogP contribution >= 0.6 is 11.3 Å². The average Bonchev–Trinajstić information content (AvgIpc) is 2.93. The van der Waals surface area contributed by atoms with E-state index in [1.165, 1.54) is 0 Å². The number of hydrogen-bond donors (Lipinski definition) is 1. The Morgan fingerprint density at radius 3 is 2.79 bits per heavy atom. The monoisotopic (exact) mass is 275 g/mol. The zero-order valence-electron chi connectivity index (χ0n) is 11.1. The van der Waals surface area contributed by atoms with Crippen molar-refractivity contribution in [2.24, 2.45) is 0 Å². The molecule has 0 aliphatic carbocycles. The van der Waals surface area contributed by atoms with Gasteiger partial charge in [-0.05, 0) is 26.0 Å². The van der Waals surface area contributed by atoms with Crippen LogP contribution in [0.4, 0.5) is 0 Å². The highest BCUT2D eigenvalue weighted by Crippen LogP contribution is 2.20. The molecule has 100 valence electrons. The minimum Gasteiger partial charge on any atom is -0.355 e. The van der Waals surface area contributed by atoms with E-state index in [0.717, 1.165) is 17.1 Å². The Labute approximate surface area is 116 Å². The second-order valence-corrected chi connectivity index (χ2v) is 5.75. The molecule has 0 aromatic carbocycles. The highest BCUT2D eigenvalue weighted by Gasteiger charge is 2.30. The zero-order valence-corrected chi connectivity index (χ0v) is 11.9. The Morgan fingerprint density at radius 1 is 1.32 bits per heavy atom. The Morgan fingerprint density at radius 2 is 2.16 bits per heavy atom. The second kappa shape index (κ2) is 5.93. The number of aromatic nitrogens is 2. The van der Waals surface area contributed by atoms with E-state index in [4.69, 9.17) is 0 Å². The molecule has 1 amide bonds. The SMILES string of the molecule is CC(C)(C(=O)NCCc1nccs1)c1ccccn1. The molecule has 0 saturated carbocycles. The summed E-state index contributed by atoms with van der Waals surface area (Å²) in [6, 6.07) is 5.62. The fourth-order valence-electron chi connectivity index (χ4n) is 1.73. The van der Waals surface area contributed by atoms with Crippen LogP contribution in [0.25, 0.3) is 0 Å². The topological polar surface area (TPSA) is 54.9 Å². The number of carbonyl (C=O) groups is 1. The van der Waals surface area contributed by atoms with Crippen LogP contribution < -0.4 is 5.32 Å². The normalized spacial score (nSPS) is 11.3. The molecule has 19 heavy (non-hydrogen) atoms. The van der Waals surface area contributed by atoms with Gasteiger partial charge in [0, 0.05) is 30.7 Å². The average molecular weight is 275 g/mol. The highest BCUT2D eigenvalue weighted by atomic mass is 32.1. The molecule has 2 heterocycles. The zero-order chi connectivity index (χ0) is 13.7. The van der Waals surface area contributed by atoms with Gasteiger partial charge in [0.25, 0.3) is 0 Å². The molecule has 0 bridgehead atoms. The van der Waals surface area contributed by atoms with Gasteiger partial charge in [0.05, 0.1) is 16.1 Å². The first-order valence-electron chi connectivity index (χ1n) is 6.19. The van der Waals surface area contributed by atoms with E-state index in [2.05, 4.69) is 15.3 Å². The third-order valence-electron chi connectivity index (χ3n) is 2.98. The maximum Gasteiger partial charge on any atom is 0.231 e. The molecule has 0 saturated heterocycles. The molecule has 0 atom stereocenters. The molecule has 2 aromatic rings. The van der Waals surface area contributed by atoms with Crippen molar-refractivity contribution in [1.82, 2.24) is 15.3 Å². The lowest BCUT2D eigenvalue weighted by molar-refractivity contribution is -0.125. The molecule has 0 aliphatic rings. The Balaban J connectivity index is 1.92. The van der Waals surface area contributed by atoms with Crippen molar-refractivity contribution in [3.05, 3.63) is 46.7 Å². The van der Waals surface area contributed by atoms with Gasteiger partial charge in [-0.1, -0.05) is 6.07 Å². The van der Waals surface area contributed by atoms with Crippen molar-refractivity contribution in [2.45, 2.75) is 25.7 Å². The fraction of sp³-hybridized carbons (Fsp3) is 0.357. The summed E-state index contributed by atoms with van der Waals surface area (Å²) >= 11 is 1.60. The van der Waals surface area contributed by atoms with Crippen LogP contribution in [0.15, 0.2) is 36.0 Å². The summed E-state index contributed by atoms with van der Waals surface area (Å²) in [5.74, 6) is -0.0113. The van der Waals surface area contributed by atoms with Crippen LogP contribution in [0.5, 0.6) is 0 Å². The van der Waals surface area contributed by atoms with E-state index in [-0.39, 0.29) is 5.91 Å². The quantitative estimate of drug-likeness (QED) is 0.910. The minimum atomic E-state index is -0.621. The summed E-state index contributed by atoms with van der Waals surface area (Å²) in [6.07, 6.45) is 4.25. The van der Waals surface area contributed by atoms with E-state index in [1.807, 2.05) is 37.4 Å². The van der Waals surface area contributed by atoms with Gasteiger partial charge in [-0.25, -0.2) is 4.98 Å². The number of nitrogens with zero attached hydrogens (tertiary/aromatic N) is 2. The van der Waals surface area contributed by atoms with E-state index >= 15 is 0 Å². The summed E-state index contributed by atoms with van der Waals surface area (Å²) in [5.41, 5.74) is 0.159. The molecule has 4 nitrogen and oxygen atoms in total. The largest absolute Gasteiger partial charge is 0.355 e. The Bertz CT molecular complexity index is 523. The molecule has 0 unspecified atom stereocenters. The van der Waals surface area contributed by atoms with Gasteiger partial charge in [-0.3, -0.25) is 9.78 Å². The van der Waals surface area contributed by atoms with Crippen molar-refractivity contribution in [1.29, 1.82) is 0 Å². The smallest absolute Gasteiger partial charge is 0.231 e. The maximum absolute atomic E-state index is 12.2. The lowest BCUT2D eigenvalue weighted by Crippen LogP contribution is -2.41. The number of rotatable bonds is 5. The van der Waals surface area contributed by atoms with Gasteiger partial charge < -0.3 is 5.32 Å². The molecule has 0 spiro atoms. The first-order chi connectivity index (χ1) is 9.10. The standard InChI is InChI=1S/C14H17N3OS/c1-14(2,11-5-3-4-7-15-11)13(18)17-8-6-12-16-9-10-19-12/h3-5,7,9-10H,6,8H2,1-2H3,(H,17,18). The summed E-state index contributed by atoms with van der Waals surface area (Å²) < 4.78 is 0. The number of thiazole rings is 1. The summed E-state index contributed by atoms with van der Waals surface area (Å²) in [4.78, 5) is 20.7. The van der Waals surface area contributed by atoms with Crippen molar-refractivity contribution in [2.75, 3.05) is 6.54 Å². The van der Waals surface area contributed by atoms with Gasteiger partial charge in [0.2, 0.25) is 5.91 Å². The molecule has 0 radical (unpaired) electrons. The van der Waals surface area contributed by atoms with Crippen molar-refractivity contribution < 1.29 is 4.79 Å². The van der Waals surface area contributed by atoms with Gasteiger partial charge in [0.1, 0.15) is 0 Å². The maximum atomic E-state index is 12.2. The fourth-order valence-corrected chi connectivity index (χ4v) is 2.35. The highest BCUT2D eigenvalue weighted by molar-refractivity contribution is 7.09. The number of nitrogens with one attached hydrogen (secondary N) is 1. The minimum absolute atomic E-state index is 0.0113. The van der Waals surface area contributed by atoms with Crippen LogP contribution in [-0.2, 0) is 16.6 Å². The predicted octanol–water partition coefficient (Wildman–Crippen LogP) is 2.17. The molecule has 2 aromatic heterocycles. The Hall–Kier alpha value is -1.75. The van der Waals surface area contributed by atoms with Crippen molar-refractivity contribution in [3.8, 4) is 0 Å². The molecule has 1 N–H and O–H groups in total. The third kappa shape index (κ3) is 3.38. The van der Waals surface area contributed by atoms with Crippen molar-refractivity contribution in [3.63, 3.8) is 0 Å². The van der Waals surface area contributed by atoms with Gasteiger partial charge in [0.15, 0.2) is 0 Å². The molecular weight excluding hydrogens is 258 g/mol.